The Morgan fingerprint density at radius 3 is 2.60 bits per heavy atom. The number of carbonyl (C=O) groups is 1. The van der Waals surface area contributed by atoms with E-state index in [-0.39, 0.29) is 17.8 Å². The quantitative estimate of drug-likeness (QED) is 0.878. The minimum absolute atomic E-state index is 0.129. The van der Waals surface area contributed by atoms with Gasteiger partial charge in [0.15, 0.2) is 0 Å². The highest BCUT2D eigenvalue weighted by molar-refractivity contribution is 5.89. The normalized spacial score (nSPS) is 15.7. The number of carbonyl (C=O) groups excluding carboxylic acids is 1. The van der Waals surface area contributed by atoms with Crippen LogP contribution in [0.3, 0.4) is 0 Å². The molecule has 132 valence electrons. The Kier molecular flexibility index (Phi) is 5.95. The second-order valence-electron chi connectivity index (χ2n) is 6.30. The van der Waals surface area contributed by atoms with Gasteiger partial charge in [0.2, 0.25) is 0 Å². The van der Waals surface area contributed by atoms with Crippen LogP contribution in [0.25, 0.3) is 0 Å². The number of aromatic nitrogens is 1. The zero-order valence-corrected chi connectivity index (χ0v) is 14.1. The molecule has 25 heavy (non-hydrogen) atoms. The van der Waals surface area contributed by atoms with E-state index in [1.807, 2.05) is 24.5 Å². The number of likely N-dealkylation sites (tertiary alicyclic amines) is 1. The first kappa shape index (κ1) is 17.4. The van der Waals surface area contributed by atoms with Crippen molar-refractivity contribution < 1.29 is 9.18 Å². The third-order valence-electron chi connectivity index (χ3n) is 4.51. The number of piperidine rings is 1. The maximum absolute atomic E-state index is 13.6. The number of para-hydroxylation sites is 1. The number of halogens is 1. The predicted molar refractivity (Wildman–Crippen MR) is 96.0 cm³/mol. The second-order valence-corrected chi connectivity index (χ2v) is 6.30. The summed E-state index contributed by atoms with van der Waals surface area (Å²) < 4.78 is 13.6. The molecule has 2 heterocycles. The molecule has 0 bridgehead atoms. The molecule has 0 atom stereocenters. The zero-order valence-electron chi connectivity index (χ0n) is 14.1. The molecule has 1 fully saturated rings. The first-order valence-corrected chi connectivity index (χ1v) is 8.64. The van der Waals surface area contributed by atoms with Gasteiger partial charge >= 0.3 is 6.03 Å². The summed E-state index contributed by atoms with van der Waals surface area (Å²) in [4.78, 5) is 18.5. The van der Waals surface area contributed by atoms with E-state index in [0.29, 0.717) is 0 Å². The number of pyridine rings is 1. The van der Waals surface area contributed by atoms with Gasteiger partial charge in [-0.3, -0.25) is 4.98 Å². The number of benzene rings is 1. The van der Waals surface area contributed by atoms with E-state index >= 15 is 0 Å². The standard InChI is InChI=1S/C19H23FN4O/c20-17-3-1-2-4-18(17)23-19(25)22-16-8-13-24(14-9-16)12-7-15-5-10-21-11-6-15/h1-6,10-11,16H,7-9,12-14H2,(H2,22,23,25). The van der Waals surface area contributed by atoms with Crippen molar-refractivity contribution >= 4 is 11.7 Å². The molecule has 1 saturated heterocycles. The van der Waals surface area contributed by atoms with Crippen molar-refractivity contribution in [2.75, 3.05) is 25.0 Å². The number of urea groups is 1. The van der Waals surface area contributed by atoms with Crippen LogP contribution in [-0.2, 0) is 6.42 Å². The van der Waals surface area contributed by atoms with E-state index in [1.165, 1.54) is 11.6 Å². The summed E-state index contributed by atoms with van der Waals surface area (Å²) in [5.74, 6) is -0.427. The largest absolute Gasteiger partial charge is 0.335 e. The fourth-order valence-electron chi connectivity index (χ4n) is 3.04. The molecule has 0 unspecified atom stereocenters. The van der Waals surface area contributed by atoms with Crippen LogP contribution < -0.4 is 10.6 Å². The number of amides is 2. The van der Waals surface area contributed by atoms with E-state index in [1.54, 1.807) is 18.2 Å². The molecule has 0 saturated carbocycles. The lowest BCUT2D eigenvalue weighted by Gasteiger charge is -2.32. The van der Waals surface area contributed by atoms with Gasteiger partial charge in [0.25, 0.3) is 0 Å². The lowest BCUT2D eigenvalue weighted by Crippen LogP contribution is -2.46. The molecule has 1 aliphatic heterocycles. The van der Waals surface area contributed by atoms with Crippen molar-refractivity contribution in [1.82, 2.24) is 15.2 Å². The van der Waals surface area contributed by atoms with Crippen LogP contribution in [0, 0.1) is 5.82 Å². The first-order chi connectivity index (χ1) is 12.2. The number of anilines is 1. The number of nitrogens with one attached hydrogen (secondary N) is 2. The fraction of sp³-hybridized carbons (Fsp3) is 0.368. The van der Waals surface area contributed by atoms with Crippen molar-refractivity contribution in [3.05, 3.63) is 60.2 Å². The van der Waals surface area contributed by atoms with Gasteiger partial charge in [-0.1, -0.05) is 12.1 Å². The average molecular weight is 342 g/mol. The predicted octanol–water partition coefficient (Wildman–Crippen LogP) is 3.05. The molecule has 1 aliphatic rings. The van der Waals surface area contributed by atoms with Crippen LogP contribution in [0.5, 0.6) is 0 Å². The Balaban J connectivity index is 1.39. The minimum atomic E-state index is -0.427. The molecule has 6 heteroatoms. The topological polar surface area (TPSA) is 57.3 Å². The number of nitrogens with zero attached hydrogens (tertiary/aromatic N) is 2. The van der Waals surface area contributed by atoms with Crippen LogP contribution >= 0.6 is 0 Å². The minimum Gasteiger partial charge on any atom is -0.335 e. The summed E-state index contributed by atoms with van der Waals surface area (Å²) in [7, 11) is 0. The lowest BCUT2D eigenvalue weighted by molar-refractivity contribution is 0.197. The summed E-state index contributed by atoms with van der Waals surface area (Å²) >= 11 is 0. The Labute approximate surface area is 147 Å². The molecule has 0 spiro atoms. The summed E-state index contributed by atoms with van der Waals surface area (Å²) in [6, 6.07) is 10.0. The Hall–Kier alpha value is -2.47. The van der Waals surface area contributed by atoms with Gasteiger partial charge in [-0.15, -0.1) is 0 Å². The van der Waals surface area contributed by atoms with E-state index in [0.717, 1.165) is 38.9 Å². The molecule has 1 aromatic heterocycles. The van der Waals surface area contributed by atoms with Gasteiger partial charge in [0.05, 0.1) is 5.69 Å². The number of rotatable bonds is 5. The highest BCUT2D eigenvalue weighted by Crippen LogP contribution is 2.14. The average Bonchev–Trinajstić information content (AvgIpc) is 2.64. The second kappa shape index (κ2) is 8.58. The summed E-state index contributed by atoms with van der Waals surface area (Å²) in [6.45, 7) is 2.92. The lowest BCUT2D eigenvalue weighted by atomic mass is 10.0. The molecular formula is C19H23FN4O. The van der Waals surface area contributed by atoms with Crippen molar-refractivity contribution in [3.63, 3.8) is 0 Å². The molecular weight excluding hydrogens is 319 g/mol. The van der Waals surface area contributed by atoms with Gasteiger partial charge in [0, 0.05) is 38.1 Å². The highest BCUT2D eigenvalue weighted by Gasteiger charge is 2.20. The molecule has 5 nitrogen and oxygen atoms in total. The molecule has 2 amide bonds. The van der Waals surface area contributed by atoms with Crippen LogP contribution in [0.15, 0.2) is 48.8 Å². The first-order valence-electron chi connectivity index (χ1n) is 8.64. The van der Waals surface area contributed by atoms with Gasteiger partial charge in [0.1, 0.15) is 5.82 Å². The van der Waals surface area contributed by atoms with Gasteiger partial charge in [-0.25, -0.2) is 9.18 Å². The highest BCUT2D eigenvalue weighted by atomic mass is 19.1. The van der Waals surface area contributed by atoms with E-state index in [2.05, 4.69) is 20.5 Å². The van der Waals surface area contributed by atoms with E-state index in [9.17, 15) is 9.18 Å². The molecule has 2 aromatic rings. The van der Waals surface area contributed by atoms with Crippen molar-refractivity contribution in [2.45, 2.75) is 25.3 Å². The smallest absolute Gasteiger partial charge is 0.319 e. The van der Waals surface area contributed by atoms with Crippen LogP contribution in [-0.4, -0.2) is 41.6 Å². The zero-order chi connectivity index (χ0) is 17.5. The van der Waals surface area contributed by atoms with Crippen LogP contribution in [0.2, 0.25) is 0 Å². The Bertz CT molecular complexity index is 687. The molecule has 0 aliphatic carbocycles. The van der Waals surface area contributed by atoms with Crippen molar-refractivity contribution in [1.29, 1.82) is 0 Å². The molecule has 2 N–H and O–H groups in total. The van der Waals surface area contributed by atoms with E-state index < -0.39 is 5.82 Å². The van der Waals surface area contributed by atoms with Gasteiger partial charge in [-0.2, -0.15) is 0 Å². The summed E-state index contributed by atoms with van der Waals surface area (Å²) in [6.07, 6.45) is 6.45. The van der Waals surface area contributed by atoms with Gasteiger partial charge < -0.3 is 15.5 Å². The number of hydrogen-bond donors (Lipinski definition) is 2. The third-order valence-corrected chi connectivity index (χ3v) is 4.51. The van der Waals surface area contributed by atoms with Crippen molar-refractivity contribution in [3.8, 4) is 0 Å². The fourth-order valence-corrected chi connectivity index (χ4v) is 3.04. The van der Waals surface area contributed by atoms with Crippen LogP contribution in [0.1, 0.15) is 18.4 Å². The molecule has 1 aromatic carbocycles. The summed E-state index contributed by atoms with van der Waals surface area (Å²) in [5, 5.41) is 5.51. The van der Waals surface area contributed by atoms with Gasteiger partial charge in [-0.05, 0) is 49.1 Å². The van der Waals surface area contributed by atoms with Crippen LogP contribution in [0.4, 0.5) is 14.9 Å². The SMILES string of the molecule is O=C(Nc1ccccc1F)NC1CCN(CCc2ccncc2)CC1. The molecule has 0 radical (unpaired) electrons. The van der Waals surface area contributed by atoms with Crippen molar-refractivity contribution in [2.24, 2.45) is 0 Å². The maximum atomic E-state index is 13.6. The maximum Gasteiger partial charge on any atom is 0.319 e. The van der Waals surface area contributed by atoms with E-state index in [4.69, 9.17) is 0 Å². The third kappa shape index (κ3) is 5.26. The molecule has 3 rings (SSSR count). The number of hydrogen-bond acceptors (Lipinski definition) is 3. The Morgan fingerprint density at radius 2 is 1.88 bits per heavy atom. The monoisotopic (exact) mass is 342 g/mol. The Morgan fingerprint density at radius 1 is 1.16 bits per heavy atom. The summed E-state index contributed by atoms with van der Waals surface area (Å²) in [5.41, 5.74) is 1.49.